The van der Waals surface area contributed by atoms with Crippen LogP contribution in [0.25, 0.3) is 11.5 Å². The number of benzene rings is 1. The van der Waals surface area contributed by atoms with Gasteiger partial charge >= 0.3 is 0 Å². The van der Waals surface area contributed by atoms with Crippen LogP contribution in [0.15, 0.2) is 35.1 Å². The molecule has 0 aliphatic carbocycles. The smallest absolute Gasteiger partial charge is 0.225 e. The lowest BCUT2D eigenvalue weighted by Gasteiger charge is -2.13. The first kappa shape index (κ1) is 20.7. The molecule has 1 aromatic heterocycles. The second-order valence-corrected chi connectivity index (χ2v) is 10.2. The Bertz CT molecular complexity index is 780. The van der Waals surface area contributed by atoms with E-state index >= 15 is 0 Å². The molecule has 0 spiro atoms. The molecule has 4 nitrogen and oxygen atoms in total. The van der Waals surface area contributed by atoms with E-state index in [4.69, 9.17) is 4.42 Å². The third-order valence-corrected chi connectivity index (χ3v) is 7.27. The average Bonchev–Trinajstić information content (AvgIpc) is 3.12. The highest BCUT2D eigenvalue weighted by Crippen LogP contribution is 2.22. The maximum absolute atomic E-state index is 11.9. The molecule has 0 radical (unpaired) electrons. The summed E-state index contributed by atoms with van der Waals surface area (Å²) in [6, 6.07) is 6.35. The molecule has 0 aliphatic rings. The summed E-state index contributed by atoms with van der Waals surface area (Å²) < 4.78 is 29.1. The SMILES string of the molecule is Cc1cc(-c2ncco2)ccc1CCCCC(C)CCS(=O)(=O)C(C)C. The van der Waals surface area contributed by atoms with E-state index in [1.54, 1.807) is 26.3 Å². The van der Waals surface area contributed by atoms with Crippen LogP contribution in [0.5, 0.6) is 0 Å². The molecule has 0 saturated carbocycles. The van der Waals surface area contributed by atoms with E-state index in [1.807, 2.05) is 0 Å². The van der Waals surface area contributed by atoms with E-state index in [0.29, 0.717) is 17.6 Å². The highest BCUT2D eigenvalue weighted by atomic mass is 32.2. The van der Waals surface area contributed by atoms with Crippen LogP contribution in [0.4, 0.5) is 0 Å². The molecule has 144 valence electrons. The zero-order chi connectivity index (χ0) is 19.2. The Labute approximate surface area is 158 Å². The molecule has 2 rings (SSSR count). The standard InChI is InChI=1S/C21H31NO3S/c1-16(2)26(23,24)14-11-17(3)7-5-6-8-19-9-10-20(15-18(19)4)21-22-12-13-25-21/h9-10,12-13,15-17H,5-8,11,14H2,1-4H3. The number of oxazole rings is 1. The molecule has 1 unspecified atom stereocenters. The van der Waals surface area contributed by atoms with Crippen LogP contribution < -0.4 is 0 Å². The first-order valence-electron chi connectivity index (χ1n) is 9.50. The number of sulfone groups is 1. The Morgan fingerprint density at radius 2 is 1.88 bits per heavy atom. The van der Waals surface area contributed by atoms with E-state index in [-0.39, 0.29) is 5.25 Å². The van der Waals surface area contributed by atoms with E-state index in [0.717, 1.165) is 37.7 Å². The van der Waals surface area contributed by atoms with Crippen molar-refractivity contribution >= 4 is 9.84 Å². The lowest BCUT2D eigenvalue weighted by Crippen LogP contribution is -2.19. The summed E-state index contributed by atoms with van der Waals surface area (Å²) in [5, 5.41) is -0.267. The number of rotatable bonds is 10. The number of unbranched alkanes of at least 4 members (excludes halogenated alkanes) is 1. The van der Waals surface area contributed by atoms with Crippen LogP contribution in [-0.2, 0) is 16.3 Å². The number of aryl methyl sites for hydroxylation is 2. The van der Waals surface area contributed by atoms with Gasteiger partial charge in [-0.2, -0.15) is 0 Å². The summed E-state index contributed by atoms with van der Waals surface area (Å²) >= 11 is 0. The normalized spacial score (nSPS) is 13.3. The first-order valence-corrected chi connectivity index (χ1v) is 11.2. The van der Waals surface area contributed by atoms with Crippen molar-refractivity contribution in [3.63, 3.8) is 0 Å². The fourth-order valence-electron chi connectivity index (χ4n) is 3.03. The molecule has 0 amide bonds. The van der Waals surface area contributed by atoms with Crippen molar-refractivity contribution in [2.75, 3.05) is 5.75 Å². The van der Waals surface area contributed by atoms with Gasteiger partial charge in [-0.05, 0) is 69.2 Å². The van der Waals surface area contributed by atoms with Crippen LogP contribution in [0, 0.1) is 12.8 Å². The van der Waals surface area contributed by atoms with Crippen LogP contribution in [0.1, 0.15) is 57.6 Å². The molecule has 1 atom stereocenters. The van der Waals surface area contributed by atoms with E-state index in [9.17, 15) is 8.42 Å². The molecule has 0 N–H and O–H groups in total. The maximum atomic E-state index is 11.9. The van der Waals surface area contributed by atoms with Gasteiger partial charge in [0.1, 0.15) is 6.26 Å². The predicted octanol–water partition coefficient (Wildman–Crippen LogP) is 5.21. The van der Waals surface area contributed by atoms with Gasteiger partial charge in [-0.1, -0.05) is 25.8 Å². The molecule has 1 aromatic carbocycles. The monoisotopic (exact) mass is 377 g/mol. The van der Waals surface area contributed by atoms with Crippen molar-refractivity contribution in [2.45, 2.75) is 65.0 Å². The van der Waals surface area contributed by atoms with Gasteiger partial charge in [-0.15, -0.1) is 0 Å². The Morgan fingerprint density at radius 1 is 1.12 bits per heavy atom. The molecular weight excluding hydrogens is 346 g/mol. The maximum Gasteiger partial charge on any atom is 0.225 e. The van der Waals surface area contributed by atoms with Crippen LogP contribution >= 0.6 is 0 Å². The zero-order valence-electron chi connectivity index (χ0n) is 16.4. The molecular formula is C21H31NO3S. The molecule has 0 fully saturated rings. The van der Waals surface area contributed by atoms with Gasteiger partial charge in [0.25, 0.3) is 0 Å². The van der Waals surface area contributed by atoms with E-state index in [1.165, 1.54) is 11.1 Å². The van der Waals surface area contributed by atoms with Gasteiger partial charge in [-0.25, -0.2) is 13.4 Å². The summed E-state index contributed by atoms with van der Waals surface area (Å²) in [6.45, 7) is 7.80. The number of nitrogens with zero attached hydrogens (tertiary/aromatic N) is 1. The van der Waals surface area contributed by atoms with Gasteiger partial charge in [-0.3, -0.25) is 0 Å². The fraction of sp³-hybridized carbons (Fsp3) is 0.571. The van der Waals surface area contributed by atoms with E-state index in [2.05, 4.69) is 37.0 Å². The van der Waals surface area contributed by atoms with Gasteiger partial charge in [0, 0.05) is 5.56 Å². The van der Waals surface area contributed by atoms with Crippen molar-refractivity contribution < 1.29 is 12.8 Å². The van der Waals surface area contributed by atoms with Gasteiger partial charge in [0.2, 0.25) is 5.89 Å². The molecule has 0 saturated heterocycles. The number of hydrogen-bond donors (Lipinski definition) is 0. The predicted molar refractivity (Wildman–Crippen MR) is 107 cm³/mol. The third kappa shape index (κ3) is 5.97. The zero-order valence-corrected chi connectivity index (χ0v) is 17.2. The Hall–Kier alpha value is -1.62. The molecule has 0 aliphatic heterocycles. The molecule has 0 bridgehead atoms. The van der Waals surface area contributed by atoms with Crippen molar-refractivity contribution in [1.82, 2.24) is 4.98 Å². The first-order chi connectivity index (χ1) is 12.3. The Kier molecular flexibility index (Phi) is 7.44. The summed E-state index contributed by atoms with van der Waals surface area (Å²) in [7, 11) is -2.91. The molecule has 2 aromatic rings. The molecule has 26 heavy (non-hydrogen) atoms. The van der Waals surface area contributed by atoms with Gasteiger partial charge in [0.05, 0.1) is 17.2 Å². The van der Waals surface area contributed by atoms with Gasteiger partial charge < -0.3 is 4.42 Å². The minimum Gasteiger partial charge on any atom is -0.445 e. The largest absolute Gasteiger partial charge is 0.445 e. The minimum atomic E-state index is -2.91. The Morgan fingerprint density at radius 3 is 2.50 bits per heavy atom. The second kappa shape index (κ2) is 9.36. The number of aromatic nitrogens is 1. The number of hydrogen-bond acceptors (Lipinski definition) is 4. The summed E-state index contributed by atoms with van der Waals surface area (Å²) in [4.78, 5) is 4.19. The van der Waals surface area contributed by atoms with Crippen LogP contribution in [-0.4, -0.2) is 24.4 Å². The lowest BCUT2D eigenvalue weighted by molar-refractivity contribution is 0.480. The quantitative estimate of drug-likeness (QED) is 0.533. The average molecular weight is 378 g/mol. The fourth-order valence-corrected chi connectivity index (χ4v) is 4.23. The van der Waals surface area contributed by atoms with Crippen molar-refractivity contribution in [2.24, 2.45) is 5.92 Å². The summed E-state index contributed by atoms with van der Waals surface area (Å²) in [5.41, 5.74) is 3.63. The lowest BCUT2D eigenvalue weighted by atomic mass is 9.96. The topological polar surface area (TPSA) is 60.2 Å². The van der Waals surface area contributed by atoms with Gasteiger partial charge in [0.15, 0.2) is 9.84 Å². The molecule has 1 heterocycles. The van der Waals surface area contributed by atoms with Crippen LogP contribution in [0.3, 0.4) is 0 Å². The van der Waals surface area contributed by atoms with E-state index < -0.39 is 9.84 Å². The highest BCUT2D eigenvalue weighted by Gasteiger charge is 2.17. The van der Waals surface area contributed by atoms with Crippen molar-refractivity contribution in [3.05, 3.63) is 41.8 Å². The van der Waals surface area contributed by atoms with Crippen molar-refractivity contribution in [3.8, 4) is 11.5 Å². The Balaban J connectivity index is 1.74. The second-order valence-electron chi connectivity index (χ2n) is 7.53. The highest BCUT2D eigenvalue weighted by molar-refractivity contribution is 7.91. The third-order valence-electron chi connectivity index (χ3n) is 5.03. The summed E-state index contributed by atoms with van der Waals surface area (Å²) in [5.74, 6) is 1.43. The molecule has 5 heteroatoms. The summed E-state index contributed by atoms with van der Waals surface area (Å²) in [6.07, 6.45) is 8.41. The van der Waals surface area contributed by atoms with Crippen LogP contribution in [0.2, 0.25) is 0 Å². The minimum absolute atomic E-state index is 0.267. The van der Waals surface area contributed by atoms with Crippen molar-refractivity contribution in [1.29, 1.82) is 0 Å².